The summed E-state index contributed by atoms with van der Waals surface area (Å²) >= 11 is 4.44. The Morgan fingerprint density at radius 1 is 1.18 bits per heavy atom. The standard InChI is InChI=1S/C9H18OS/c1-7(2)10-8-3-5-9(11)6-4-8/h7-9,11H,3-6H2,1-2H3. The molecule has 11 heavy (non-hydrogen) atoms. The summed E-state index contributed by atoms with van der Waals surface area (Å²) in [6, 6.07) is 0. The second-order valence-electron chi connectivity index (χ2n) is 3.62. The van der Waals surface area contributed by atoms with E-state index in [0.29, 0.717) is 17.5 Å². The highest BCUT2D eigenvalue weighted by atomic mass is 32.1. The molecule has 0 aromatic rings. The highest BCUT2D eigenvalue weighted by Crippen LogP contribution is 2.25. The molecule has 2 heteroatoms. The van der Waals surface area contributed by atoms with Crippen LogP contribution >= 0.6 is 12.6 Å². The molecule has 0 saturated heterocycles. The highest BCUT2D eigenvalue weighted by molar-refractivity contribution is 7.80. The Morgan fingerprint density at radius 2 is 1.73 bits per heavy atom. The molecular weight excluding hydrogens is 156 g/mol. The molecule has 1 rings (SSSR count). The Labute approximate surface area is 74.9 Å². The molecule has 0 aliphatic heterocycles. The molecule has 66 valence electrons. The maximum Gasteiger partial charge on any atom is 0.0579 e. The van der Waals surface area contributed by atoms with Crippen LogP contribution in [-0.2, 0) is 4.74 Å². The van der Waals surface area contributed by atoms with Gasteiger partial charge in [-0.2, -0.15) is 12.6 Å². The predicted molar refractivity (Wildman–Crippen MR) is 51.3 cm³/mol. The van der Waals surface area contributed by atoms with Gasteiger partial charge in [0.2, 0.25) is 0 Å². The number of rotatable bonds is 2. The SMILES string of the molecule is CC(C)OC1CCC(S)CC1. The van der Waals surface area contributed by atoms with Crippen LogP contribution in [0.2, 0.25) is 0 Å². The van der Waals surface area contributed by atoms with Gasteiger partial charge < -0.3 is 4.74 Å². The van der Waals surface area contributed by atoms with E-state index in [-0.39, 0.29) is 0 Å². The van der Waals surface area contributed by atoms with Gasteiger partial charge in [0.25, 0.3) is 0 Å². The second kappa shape index (κ2) is 4.36. The van der Waals surface area contributed by atoms with Crippen LogP contribution in [0, 0.1) is 0 Å². The van der Waals surface area contributed by atoms with Gasteiger partial charge in [-0.1, -0.05) is 0 Å². The van der Waals surface area contributed by atoms with Gasteiger partial charge in [-0.05, 0) is 39.5 Å². The van der Waals surface area contributed by atoms with Crippen LogP contribution < -0.4 is 0 Å². The summed E-state index contributed by atoms with van der Waals surface area (Å²) in [4.78, 5) is 0. The lowest BCUT2D eigenvalue weighted by Crippen LogP contribution is -2.24. The van der Waals surface area contributed by atoms with E-state index in [9.17, 15) is 0 Å². The van der Waals surface area contributed by atoms with Crippen molar-refractivity contribution in [2.24, 2.45) is 0 Å². The molecule has 1 aliphatic rings. The van der Waals surface area contributed by atoms with Crippen molar-refractivity contribution in [1.82, 2.24) is 0 Å². The van der Waals surface area contributed by atoms with Gasteiger partial charge in [-0.15, -0.1) is 0 Å². The largest absolute Gasteiger partial charge is 0.376 e. The lowest BCUT2D eigenvalue weighted by molar-refractivity contribution is -0.0108. The molecule has 0 N–H and O–H groups in total. The summed E-state index contributed by atoms with van der Waals surface area (Å²) in [6.07, 6.45) is 5.74. The Hall–Kier alpha value is 0.310. The minimum atomic E-state index is 0.386. The molecule has 1 nitrogen and oxygen atoms in total. The van der Waals surface area contributed by atoms with E-state index in [4.69, 9.17) is 4.74 Å². The summed E-state index contributed by atoms with van der Waals surface area (Å²) < 4.78 is 5.71. The van der Waals surface area contributed by atoms with Gasteiger partial charge in [-0.3, -0.25) is 0 Å². The molecule has 0 radical (unpaired) electrons. The highest BCUT2D eigenvalue weighted by Gasteiger charge is 2.19. The van der Waals surface area contributed by atoms with E-state index in [1.165, 1.54) is 25.7 Å². The maximum atomic E-state index is 5.71. The first-order chi connectivity index (χ1) is 5.18. The molecule has 1 aliphatic carbocycles. The quantitative estimate of drug-likeness (QED) is 0.633. The summed E-state index contributed by atoms with van der Waals surface area (Å²) in [5.41, 5.74) is 0. The summed E-state index contributed by atoms with van der Waals surface area (Å²) in [7, 11) is 0. The predicted octanol–water partition coefficient (Wildman–Crippen LogP) is 2.65. The van der Waals surface area contributed by atoms with Gasteiger partial charge in [0.05, 0.1) is 12.2 Å². The van der Waals surface area contributed by atoms with Crippen LogP contribution in [0.3, 0.4) is 0 Å². The van der Waals surface area contributed by atoms with Crippen molar-refractivity contribution < 1.29 is 4.74 Å². The molecule has 0 spiro atoms. The Kier molecular flexibility index (Phi) is 3.73. The van der Waals surface area contributed by atoms with Crippen molar-refractivity contribution in [3.05, 3.63) is 0 Å². The topological polar surface area (TPSA) is 9.23 Å². The van der Waals surface area contributed by atoms with Gasteiger partial charge >= 0.3 is 0 Å². The molecule has 0 aromatic heterocycles. The van der Waals surface area contributed by atoms with E-state index in [0.717, 1.165) is 0 Å². The van der Waals surface area contributed by atoms with E-state index in [2.05, 4.69) is 26.5 Å². The molecule has 0 amide bonds. The lowest BCUT2D eigenvalue weighted by Gasteiger charge is -2.27. The smallest absolute Gasteiger partial charge is 0.0579 e. The first-order valence-corrected chi connectivity index (χ1v) is 5.03. The number of hydrogen-bond donors (Lipinski definition) is 1. The van der Waals surface area contributed by atoms with Crippen LogP contribution in [0.4, 0.5) is 0 Å². The zero-order valence-corrected chi connectivity index (χ0v) is 8.31. The minimum Gasteiger partial charge on any atom is -0.376 e. The molecule has 1 fully saturated rings. The van der Waals surface area contributed by atoms with E-state index >= 15 is 0 Å². The first kappa shape index (κ1) is 9.40. The van der Waals surface area contributed by atoms with Crippen LogP contribution in [0.5, 0.6) is 0 Å². The van der Waals surface area contributed by atoms with Crippen LogP contribution in [-0.4, -0.2) is 17.5 Å². The number of ether oxygens (including phenoxy) is 1. The van der Waals surface area contributed by atoms with Crippen molar-refractivity contribution in [2.75, 3.05) is 0 Å². The Morgan fingerprint density at radius 3 is 2.18 bits per heavy atom. The van der Waals surface area contributed by atoms with Crippen molar-refractivity contribution in [3.63, 3.8) is 0 Å². The van der Waals surface area contributed by atoms with E-state index < -0.39 is 0 Å². The molecule has 0 bridgehead atoms. The van der Waals surface area contributed by atoms with Crippen molar-refractivity contribution in [1.29, 1.82) is 0 Å². The van der Waals surface area contributed by atoms with Gasteiger partial charge in [0.15, 0.2) is 0 Å². The zero-order valence-electron chi connectivity index (χ0n) is 7.42. The normalized spacial score (nSPS) is 32.7. The fraction of sp³-hybridized carbons (Fsp3) is 1.00. The van der Waals surface area contributed by atoms with Gasteiger partial charge in [-0.25, -0.2) is 0 Å². The monoisotopic (exact) mass is 174 g/mol. The molecular formula is C9H18OS. The first-order valence-electron chi connectivity index (χ1n) is 4.52. The molecule has 0 aromatic carbocycles. The average Bonchev–Trinajstić information content (AvgIpc) is 1.93. The van der Waals surface area contributed by atoms with Crippen molar-refractivity contribution in [2.45, 2.75) is 57.0 Å². The lowest BCUT2D eigenvalue weighted by atomic mass is 9.97. The third-order valence-corrected chi connectivity index (χ3v) is 2.62. The molecule has 0 atom stereocenters. The Bertz CT molecular complexity index is 106. The zero-order chi connectivity index (χ0) is 8.27. The number of hydrogen-bond acceptors (Lipinski definition) is 2. The fourth-order valence-corrected chi connectivity index (χ4v) is 1.86. The summed E-state index contributed by atoms with van der Waals surface area (Å²) in [5, 5.41) is 0.627. The van der Waals surface area contributed by atoms with Crippen LogP contribution in [0.25, 0.3) is 0 Å². The maximum absolute atomic E-state index is 5.71. The van der Waals surface area contributed by atoms with E-state index in [1.807, 2.05) is 0 Å². The van der Waals surface area contributed by atoms with Gasteiger partial charge in [0.1, 0.15) is 0 Å². The average molecular weight is 174 g/mol. The van der Waals surface area contributed by atoms with Crippen LogP contribution in [0.1, 0.15) is 39.5 Å². The minimum absolute atomic E-state index is 0.386. The van der Waals surface area contributed by atoms with E-state index in [1.54, 1.807) is 0 Å². The molecule has 0 unspecified atom stereocenters. The van der Waals surface area contributed by atoms with Gasteiger partial charge in [0, 0.05) is 5.25 Å². The second-order valence-corrected chi connectivity index (χ2v) is 4.35. The summed E-state index contributed by atoms with van der Waals surface area (Å²) in [5.74, 6) is 0. The fourth-order valence-electron chi connectivity index (χ4n) is 1.57. The van der Waals surface area contributed by atoms with Crippen LogP contribution in [0.15, 0.2) is 0 Å². The van der Waals surface area contributed by atoms with Crippen molar-refractivity contribution >= 4 is 12.6 Å². The Balaban J connectivity index is 2.17. The van der Waals surface area contributed by atoms with Crippen molar-refractivity contribution in [3.8, 4) is 0 Å². The number of thiol groups is 1. The molecule has 1 saturated carbocycles. The summed E-state index contributed by atoms with van der Waals surface area (Å²) in [6.45, 7) is 4.21. The third kappa shape index (κ3) is 3.48. The molecule has 0 heterocycles. The third-order valence-electron chi connectivity index (χ3n) is 2.11.